The SMILES string of the molecule is C=C(C)c1cccc(C(C)CC(=O)O)c1. The lowest BCUT2D eigenvalue weighted by Gasteiger charge is -2.10. The van der Waals surface area contributed by atoms with Gasteiger partial charge >= 0.3 is 5.97 Å². The molecule has 0 heterocycles. The molecule has 1 rings (SSSR count). The van der Waals surface area contributed by atoms with Gasteiger partial charge in [-0.15, -0.1) is 0 Å². The minimum atomic E-state index is -0.761. The number of carbonyl (C=O) groups is 1. The molecule has 1 atom stereocenters. The third-order valence-corrected chi connectivity index (χ3v) is 2.43. The molecular formula is C13H16O2. The number of hydrogen-bond acceptors (Lipinski definition) is 1. The highest BCUT2D eigenvalue weighted by molar-refractivity contribution is 5.68. The lowest BCUT2D eigenvalue weighted by Crippen LogP contribution is -2.02. The number of carboxylic acids is 1. The van der Waals surface area contributed by atoms with Crippen LogP contribution in [0.5, 0.6) is 0 Å². The molecule has 0 aliphatic rings. The molecule has 0 spiro atoms. The van der Waals surface area contributed by atoms with Crippen LogP contribution < -0.4 is 0 Å². The van der Waals surface area contributed by atoms with E-state index in [2.05, 4.69) is 6.58 Å². The van der Waals surface area contributed by atoms with Crippen molar-refractivity contribution in [3.05, 3.63) is 42.0 Å². The van der Waals surface area contributed by atoms with Crippen LogP contribution in [0.15, 0.2) is 30.8 Å². The lowest BCUT2D eigenvalue weighted by molar-refractivity contribution is -0.137. The predicted molar refractivity (Wildman–Crippen MR) is 61.8 cm³/mol. The van der Waals surface area contributed by atoms with Crippen molar-refractivity contribution >= 4 is 11.5 Å². The maximum atomic E-state index is 10.6. The molecular weight excluding hydrogens is 188 g/mol. The molecule has 2 nitrogen and oxygen atoms in total. The standard InChI is InChI=1S/C13H16O2/c1-9(2)11-5-4-6-12(8-11)10(3)7-13(14)15/h4-6,8,10H,1,7H2,2-3H3,(H,14,15). The number of carboxylic acid groups (broad SMARTS) is 1. The largest absolute Gasteiger partial charge is 0.481 e. The number of rotatable bonds is 4. The molecule has 0 amide bonds. The van der Waals surface area contributed by atoms with Crippen LogP contribution in [0.4, 0.5) is 0 Å². The summed E-state index contributed by atoms with van der Waals surface area (Å²) >= 11 is 0. The summed E-state index contributed by atoms with van der Waals surface area (Å²) in [5.74, 6) is -0.718. The van der Waals surface area contributed by atoms with Crippen molar-refractivity contribution in [1.82, 2.24) is 0 Å². The normalized spacial score (nSPS) is 12.1. The monoisotopic (exact) mass is 204 g/mol. The van der Waals surface area contributed by atoms with E-state index in [-0.39, 0.29) is 12.3 Å². The van der Waals surface area contributed by atoms with Gasteiger partial charge in [0.25, 0.3) is 0 Å². The fourth-order valence-electron chi connectivity index (χ4n) is 1.49. The molecule has 1 unspecified atom stereocenters. The highest BCUT2D eigenvalue weighted by Crippen LogP contribution is 2.22. The average molecular weight is 204 g/mol. The van der Waals surface area contributed by atoms with Crippen molar-refractivity contribution in [2.75, 3.05) is 0 Å². The van der Waals surface area contributed by atoms with Crippen molar-refractivity contribution in [3.63, 3.8) is 0 Å². The van der Waals surface area contributed by atoms with Gasteiger partial charge in [-0.05, 0) is 24.0 Å². The lowest BCUT2D eigenvalue weighted by atomic mass is 9.95. The van der Waals surface area contributed by atoms with E-state index in [1.807, 2.05) is 38.1 Å². The van der Waals surface area contributed by atoms with Gasteiger partial charge in [-0.1, -0.05) is 43.3 Å². The van der Waals surface area contributed by atoms with Gasteiger partial charge < -0.3 is 5.11 Å². The Hall–Kier alpha value is -1.57. The number of benzene rings is 1. The molecule has 0 bridgehead atoms. The third kappa shape index (κ3) is 3.24. The van der Waals surface area contributed by atoms with E-state index >= 15 is 0 Å². The maximum Gasteiger partial charge on any atom is 0.303 e. The Bertz CT molecular complexity index is 380. The molecule has 0 aliphatic carbocycles. The maximum absolute atomic E-state index is 10.6. The van der Waals surface area contributed by atoms with Crippen molar-refractivity contribution < 1.29 is 9.90 Å². The first-order valence-corrected chi connectivity index (χ1v) is 4.98. The van der Waals surface area contributed by atoms with Crippen LogP contribution in [0.1, 0.15) is 37.3 Å². The average Bonchev–Trinajstić information content (AvgIpc) is 2.17. The smallest absolute Gasteiger partial charge is 0.303 e. The van der Waals surface area contributed by atoms with Crippen molar-refractivity contribution in [2.24, 2.45) is 0 Å². The van der Waals surface area contributed by atoms with Crippen LogP contribution in [0.25, 0.3) is 5.57 Å². The van der Waals surface area contributed by atoms with E-state index in [1.54, 1.807) is 0 Å². The van der Waals surface area contributed by atoms with E-state index in [9.17, 15) is 4.79 Å². The fourth-order valence-corrected chi connectivity index (χ4v) is 1.49. The van der Waals surface area contributed by atoms with Crippen LogP contribution in [-0.2, 0) is 4.79 Å². The quantitative estimate of drug-likeness (QED) is 0.817. The Morgan fingerprint density at radius 2 is 2.20 bits per heavy atom. The first kappa shape index (κ1) is 11.5. The van der Waals surface area contributed by atoms with Gasteiger partial charge in [0.1, 0.15) is 0 Å². The third-order valence-electron chi connectivity index (χ3n) is 2.43. The Kier molecular flexibility index (Phi) is 3.67. The minimum absolute atomic E-state index is 0.0433. The van der Waals surface area contributed by atoms with Gasteiger partial charge in [0.05, 0.1) is 6.42 Å². The number of aliphatic carboxylic acids is 1. The second kappa shape index (κ2) is 4.78. The molecule has 0 saturated carbocycles. The summed E-state index contributed by atoms with van der Waals surface area (Å²) in [6.07, 6.45) is 0.166. The summed E-state index contributed by atoms with van der Waals surface area (Å²) in [6, 6.07) is 7.90. The summed E-state index contributed by atoms with van der Waals surface area (Å²) < 4.78 is 0. The van der Waals surface area contributed by atoms with E-state index in [0.717, 1.165) is 16.7 Å². The fraction of sp³-hybridized carbons (Fsp3) is 0.308. The molecule has 0 fully saturated rings. The van der Waals surface area contributed by atoms with Crippen molar-refractivity contribution in [3.8, 4) is 0 Å². The molecule has 80 valence electrons. The number of allylic oxidation sites excluding steroid dienone is 1. The highest BCUT2D eigenvalue weighted by Gasteiger charge is 2.10. The van der Waals surface area contributed by atoms with Crippen molar-refractivity contribution in [1.29, 1.82) is 0 Å². The van der Waals surface area contributed by atoms with Crippen molar-refractivity contribution in [2.45, 2.75) is 26.2 Å². The molecule has 0 saturated heterocycles. The molecule has 1 aromatic rings. The van der Waals surface area contributed by atoms with Gasteiger partial charge in [-0.2, -0.15) is 0 Å². The Morgan fingerprint density at radius 3 is 2.73 bits per heavy atom. The zero-order chi connectivity index (χ0) is 11.4. The molecule has 15 heavy (non-hydrogen) atoms. The zero-order valence-electron chi connectivity index (χ0n) is 9.16. The molecule has 1 N–H and O–H groups in total. The summed E-state index contributed by atoms with van der Waals surface area (Å²) in [6.45, 7) is 7.74. The predicted octanol–water partition coefficient (Wildman–Crippen LogP) is 3.30. The Labute approximate surface area is 90.3 Å². The van der Waals surface area contributed by atoms with E-state index in [4.69, 9.17) is 5.11 Å². The van der Waals surface area contributed by atoms with Gasteiger partial charge in [-0.3, -0.25) is 4.79 Å². The number of hydrogen-bond donors (Lipinski definition) is 1. The van der Waals surface area contributed by atoms with Crippen LogP contribution >= 0.6 is 0 Å². The summed E-state index contributed by atoms with van der Waals surface area (Å²) in [7, 11) is 0. The first-order chi connectivity index (χ1) is 7.00. The Balaban J connectivity index is 2.89. The molecule has 0 aliphatic heterocycles. The second-order valence-corrected chi connectivity index (χ2v) is 3.90. The van der Waals surface area contributed by atoms with Gasteiger partial charge in [0.15, 0.2) is 0 Å². The Morgan fingerprint density at radius 1 is 1.53 bits per heavy atom. The van der Waals surface area contributed by atoms with Crippen LogP contribution in [0.2, 0.25) is 0 Å². The van der Waals surface area contributed by atoms with Crippen LogP contribution in [0, 0.1) is 0 Å². The topological polar surface area (TPSA) is 37.3 Å². The molecule has 0 aromatic heterocycles. The second-order valence-electron chi connectivity index (χ2n) is 3.90. The molecule has 2 heteroatoms. The minimum Gasteiger partial charge on any atom is -0.481 e. The zero-order valence-corrected chi connectivity index (χ0v) is 9.16. The summed E-state index contributed by atoms with van der Waals surface area (Å²) in [5, 5.41) is 8.71. The van der Waals surface area contributed by atoms with E-state index in [1.165, 1.54) is 0 Å². The van der Waals surface area contributed by atoms with E-state index < -0.39 is 5.97 Å². The van der Waals surface area contributed by atoms with Gasteiger partial charge in [-0.25, -0.2) is 0 Å². The van der Waals surface area contributed by atoms with Crippen LogP contribution in [0.3, 0.4) is 0 Å². The van der Waals surface area contributed by atoms with E-state index in [0.29, 0.717) is 0 Å². The van der Waals surface area contributed by atoms with Crippen LogP contribution in [-0.4, -0.2) is 11.1 Å². The van der Waals surface area contributed by atoms with Gasteiger partial charge in [0, 0.05) is 0 Å². The molecule has 0 radical (unpaired) electrons. The van der Waals surface area contributed by atoms with Gasteiger partial charge in [0.2, 0.25) is 0 Å². The highest BCUT2D eigenvalue weighted by atomic mass is 16.4. The summed E-state index contributed by atoms with van der Waals surface area (Å²) in [5.41, 5.74) is 3.13. The first-order valence-electron chi connectivity index (χ1n) is 4.98. The summed E-state index contributed by atoms with van der Waals surface area (Å²) in [4.78, 5) is 10.6. The molecule has 1 aromatic carbocycles.